The molecular formula is C31H36ClN3O6S. The lowest BCUT2D eigenvalue weighted by Crippen LogP contribution is -2.53. The van der Waals surface area contributed by atoms with E-state index in [1.807, 2.05) is 44.2 Å². The monoisotopic (exact) mass is 613 g/mol. The number of carbonyl (C=O) groups is 2. The molecular weight excluding hydrogens is 578 g/mol. The zero-order chi connectivity index (χ0) is 30.3. The van der Waals surface area contributed by atoms with Crippen LogP contribution in [0.15, 0.2) is 72.8 Å². The molecule has 224 valence electrons. The van der Waals surface area contributed by atoms with Crippen molar-refractivity contribution in [1.82, 2.24) is 10.2 Å². The van der Waals surface area contributed by atoms with E-state index < -0.39 is 28.5 Å². The summed E-state index contributed by atoms with van der Waals surface area (Å²) in [5, 5.41) is 3.51. The van der Waals surface area contributed by atoms with Crippen LogP contribution in [0, 0.1) is 5.92 Å². The summed E-state index contributed by atoms with van der Waals surface area (Å²) in [5.41, 5.74) is 1.88. The van der Waals surface area contributed by atoms with Crippen molar-refractivity contribution in [2.24, 2.45) is 5.92 Å². The lowest BCUT2D eigenvalue weighted by molar-refractivity contribution is -0.140. The number of benzene rings is 3. The van der Waals surface area contributed by atoms with Crippen LogP contribution in [0.25, 0.3) is 0 Å². The van der Waals surface area contributed by atoms with Crippen molar-refractivity contribution < 1.29 is 27.5 Å². The Morgan fingerprint density at radius 1 is 0.952 bits per heavy atom. The Labute approximate surface area is 252 Å². The number of carbonyl (C=O) groups excluding carboxylic acids is 2. The quantitative estimate of drug-likeness (QED) is 0.301. The summed E-state index contributed by atoms with van der Waals surface area (Å²) in [6, 6.07) is 20.3. The Kier molecular flexibility index (Phi) is 10.3. The zero-order valence-electron chi connectivity index (χ0n) is 24.0. The third-order valence-electron chi connectivity index (χ3n) is 6.85. The van der Waals surface area contributed by atoms with E-state index >= 15 is 0 Å². The number of amides is 2. The SMILES string of the molecule is CCS(=O)(=O)N(CC(=O)N(Cc1ccc(Cl)cc1)[C@H](Cc1ccccc1)C(=O)NCC(C)C)c1ccc2c(c1)OCO2. The van der Waals surface area contributed by atoms with Gasteiger partial charge in [-0.3, -0.25) is 13.9 Å². The minimum absolute atomic E-state index is 0.0275. The average molecular weight is 614 g/mol. The van der Waals surface area contributed by atoms with Gasteiger partial charge >= 0.3 is 0 Å². The average Bonchev–Trinajstić information content (AvgIpc) is 3.46. The maximum absolute atomic E-state index is 14.2. The second-order valence-corrected chi connectivity index (χ2v) is 13.1. The van der Waals surface area contributed by atoms with E-state index in [9.17, 15) is 18.0 Å². The van der Waals surface area contributed by atoms with E-state index in [4.69, 9.17) is 21.1 Å². The van der Waals surface area contributed by atoms with Crippen LogP contribution in [-0.4, -0.2) is 56.8 Å². The third kappa shape index (κ3) is 7.95. The molecule has 0 saturated carbocycles. The van der Waals surface area contributed by atoms with Crippen molar-refractivity contribution in [3.63, 3.8) is 0 Å². The van der Waals surface area contributed by atoms with Gasteiger partial charge in [0.15, 0.2) is 11.5 Å². The number of hydrogen-bond acceptors (Lipinski definition) is 6. The van der Waals surface area contributed by atoms with Crippen LogP contribution in [0.3, 0.4) is 0 Å². The topological polar surface area (TPSA) is 105 Å². The Morgan fingerprint density at radius 3 is 2.31 bits per heavy atom. The van der Waals surface area contributed by atoms with Crippen molar-refractivity contribution in [2.45, 2.75) is 39.8 Å². The normalized spacial score (nSPS) is 13.1. The van der Waals surface area contributed by atoms with Gasteiger partial charge in [0.1, 0.15) is 12.6 Å². The van der Waals surface area contributed by atoms with Crippen molar-refractivity contribution in [3.8, 4) is 11.5 Å². The molecule has 1 aliphatic rings. The molecule has 11 heteroatoms. The van der Waals surface area contributed by atoms with Gasteiger partial charge in [0.25, 0.3) is 0 Å². The lowest BCUT2D eigenvalue weighted by Gasteiger charge is -2.34. The first-order chi connectivity index (χ1) is 20.1. The Bertz CT molecular complexity index is 1480. The van der Waals surface area contributed by atoms with Gasteiger partial charge in [-0.2, -0.15) is 0 Å². The van der Waals surface area contributed by atoms with Gasteiger partial charge < -0.3 is 19.7 Å². The number of anilines is 1. The van der Waals surface area contributed by atoms with Crippen molar-refractivity contribution >= 4 is 39.1 Å². The summed E-state index contributed by atoms with van der Waals surface area (Å²) >= 11 is 6.11. The fraction of sp³-hybridized carbons (Fsp3) is 0.355. The van der Waals surface area contributed by atoms with Crippen LogP contribution in [0.4, 0.5) is 5.69 Å². The molecule has 0 fully saturated rings. The highest BCUT2D eigenvalue weighted by molar-refractivity contribution is 7.92. The molecule has 1 aliphatic heterocycles. The molecule has 0 aliphatic carbocycles. The van der Waals surface area contributed by atoms with E-state index in [0.717, 1.165) is 15.4 Å². The molecule has 0 bridgehead atoms. The third-order valence-corrected chi connectivity index (χ3v) is 8.84. The first-order valence-electron chi connectivity index (χ1n) is 13.8. The molecule has 42 heavy (non-hydrogen) atoms. The van der Waals surface area contributed by atoms with Gasteiger partial charge in [-0.1, -0.05) is 67.9 Å². The number of fused-ring (bicyclic) bond motifs is 1. The molecule has 0 unspecified atom stereocenters. The summed E-state index contributed by atoms with van der Waals surface area (Å²) in [5.74, 6) is 0.0113. The van der Waals surface area contributed by atoms with Crippen molar-refractivity contribution in [2.75, 3.05) is 29.9 Å². The number of sulfonamides is 1. The van der Waals surface area contributed by atoms with Gasteiger partial charge in [-0.15, -0.1) is 0 Å². The van der Waals surface area contributed by atoms with E-state index in [0.29, 0.717) is 23.1 Å². The van der Waals surface area contributed by atoms with Crippen LogP contribution in [0.1, 0.15) is 31.9 Å². The second kappa shape index (κ2) is 13.9. The fourth-order valence-corrected chi connectivity index (χ4v) is 5.70. The van der Waals surface area contributed by atoms with Crippen LogP contribution < -0.4 is 19.1 Å². The standard InChI is InChI=1S/C31H36ClN3O6S/c1-4-42(38,39)35(26-14-15-28-29(17-26)41-21-40-28)20-30(36)34(19-24-10-12-25(32)13-11-24)27(31(37)33-18-22(2)3)16-23-8-6-5-7-9-23/h5-15,17,22,27H,4,16,18-21H2,1-3H3,(H,33,37)/t27-/m1/s1. The molecule has 1 heterocycles. The zero-order valence-corrected chi connectivity index (χ0v) is 25.5. The molecule has 0 spiro atoms. The maximum atomic E-state index is 14.2. The molecule has 1 atom stereocenters. The number of nitrogens with zero attached hydrogens (tertiary/aromatic N) is 2. The molecule has 3 aromatic rings. The van der Waals surface area contributed by atoms with E-state index in [2.05, 4.69) is 5.32 Å². The Hall–Kier alpha value is -3.76. The number of nitrogens with one attached hydrogen (secondary N) is 1. The second-order valence-electron chi connectivity index (χ2n) is 10.4. The number of ether oxygens (including phenoxy) is 2. The first-order valence-corrected chi connectivity index (χ1v) is 15.8. The summed E-state index contributed by atoms with van der Waals surface area (Å²) in [4.78, 5) is 29.4. The smallest absolute Gasteiger partial charge is 0.244 e. The minimum Gasteiger partial charge on any atom is -0.454 e. The summed E-state index contributed by atoms with van der Waals surface area (Å²) in [6.45, 7) is 5.52. The predicted molar refractivity (Wildman–Crippen MR) is 163 cm³/mol. The Balaban J connectivity index is 1.73. The summed E-state index contributed by atoms with van der Waals surface area (Å²) in [6.07, 6.45) is 0.245. The van der Waals surface area contributed by atoms with Crippen LogP contribution >= 0.6 is 11.6 Å². The van der Waals surface area contributed by atoms with E-state index in [-0.39, 0.29) is 43.0 Å². The van der Waals surface area contributed by atoms with Crippen LogP contribution in [0.5, 0.6) is 11.5 Å². The van der Waals surface area contributed by atoms with E-state index in [1.165, 1.54) is 11.8 Å². The molecule has 0 radical (unpaired) electrons. The maximum Gasteiger partial charge on any atom is 0.244 e. The van der Waals surface area contributed by atoms with Gasteiger partial charge in [-0.05, 0) is 48.2 Å². The lowest BCUT2D eigenvalue weighted by atomic mass is 10.0. The molecule has 4 rings (SSSR count). The van der Waals surface area contributed by atoms with Gasteiger partial charge in [-0.25, -0.2) is 8.42 Å². The molecule has 0 aromatic heterocycles. The number of halogens is 1. The first kappa shape index (κ1) is 31.2. The fourth-order valence-electron chi connectivity index (χ4n) is 4.52. The highest BCUT2D eigenvalue weighted by Gasteiger charge is 2.34. The molecule has 3 aromatic carbocycles. The van der Waals surface area contributed by atoms with Crippen molar-refractivity contribution in [1.29, 1.82) is 0 Å². The van der Waals surface area contributed by atoms with Crippen molar-refractivity contribution in [3.05, 3.63) is 88.9 Å². The molecule has 0 saturated heterocycles. The molecule has 2 amide bonds. The molecule has 9 nitrogen and oxygen atoms in total. The predicted octanol–water partition coefficient (Wildman–Crippen LogP) is 4.64. The largest absolute Gasteiger partial charge is 0.454 e. The summed E-state index contributed by atoms with van der Waals surface area (Å²) < 4.78 is 38.5. The van der Waals surface area contributed by atoms with Crippen LogP contribution in [-0.2, 0) is 32.6 Å². The van der Waals surface area contributed by atoms with Crippen LogP contribution in [0.2, 0.25) is 5.02 Å². The highest BCUT2D eigenvalue weighted by atomic mass is 35.5. The van der Waals surface area contributed by atoms with Gasteiger partial charge in [0, 0.05) is 30.6 Å². The molecule has 1 N–H and O–H groups in total. The van der Waals surface area contributed by atoms with Gasteiger partial charge in [0.05, 0.1) is 11.4 Å². The minimum atomic E-state index is -3.89. The number of hydrogen-bond donors (Lipinski definition) is 1. The Morgan fingerprint density at radius 2 is 1.64 bits per heavy atom. The van der Waals surface area contributed by atoms with E-state index in [1.54, 1.807) is 42.5 Å². The number of rotatable bonds is 13. The summed E-state index contributed by atoms with van der Waals surface area (Å²) in [7, 11) is -3.89. The van der Waals surface area contributed by atoms with Gasteiger partial charge in [0.2, 0.25) is 28.6 Å². The highest BCUT2D eigenvalue weighted by Crippen LogP contribution is 2.36.